The van der Waals surface area contributed by atoms with Crippen LogP contribution in [0.5, 0.6) is 0 Å². The van der Waals surface area contributed by atoms with Gasteiger partial charge in [-0.1, -0.05) is 37.6 Å². The van der Waals surface area contributed by atoms with Gasteiger partial charge < -0.3 is 4.74 Å². The van der Waals surface area contributed by atoms with Crippen LogP contribution in [0.4, 0.5) is 5.69 Å². The van der Waals surface area contributed by atoms with Gasteiger partial charge in [-0.2, -0.15) is 5.10 Å². The molecule has 0 bridgehead atoms. The van der Waals surface area contributed by atoms with Gasteiger partial charge in [0.15, 0.2) is 0 Å². The zero-order valence-electron chi connectivity index (χ0n) is 11.2. The van der Waals surface area contributed by atoms with E-state index in [-0.39, 0.29) is 11.8 Å². The summed E-state index contributed by atoms with van der Waals surface area (Å²) in [6, 6.07) is 7.55. The summed E-state index contributed by atoms with van der Waals surface area (Å²) in [5, 5.41) is 3.49. The second-order valence-corrected chi connectivity index (χ2v) is 3.46. The molecule has 0 aliphatic heterocycles. The Labute approximate surface area is 113 Å². The zero-order valence-corrected chi connectivity index (χ0v) is 11.9. The van der Waals surface area contributed by atoms with E-state index >= 15 is 0 Å². The lowest BCUT2D eigenvalue weighted by Gasteiger charge is -2.02. The molecule has 1 aromatic carbocycles. The topological polar surface area (TPSA) is 50.7 Å². The van der Waals surface area contributed by atoms with Crippen LogP contribution in [-0.4, -0.2) is 17.7 Å². The molecule has 0 amide bonds. The van der Waals surface area contributed by atoms with E-state index in [1.165, 1.54) is 0 Å². The Hall–Kier alpha value is -1.55. The predicted octanol–water partition coefficient (Wildman–Crippen LogP) is 3.55. The molecule has 0 saturated carbocycles. The van der Waals surface area contributed by atoms with Gasteiger partial charge in [0.25, 0.3) is 0 Å². The number of hydrazone groups is 1. The number of rotatable bonds is 4. The first-order chi connectivity index (χ1) is 8.63. The molecular weight excluding hydrogens is 252 g/mol. The largest absolute Gasteiger partial charge is 0.461 e. The average molecular weight is 271 g/mol. The minimum Gasteiger partial charge on any atom is -0.461 e. The lowest BCUT2D eigenvalue weighted by atomic mass is 10.2. The van der Waals surface area contributed by atoms with Gasteiger partial charge in [-0.3, -0.25) is 5.43 Å². The number of halogens is 1. The fourth-order valence-electron chi connectivity index (χ4n) is 1.06. The highest BCUT2D eigenvalue weighted by atomic mass is 35.5. The number of aryl methyl sites for hydroxylation is 1. The second kappa shape index (κ2) is 9.48. The van der Waals surface area contributed by atoms with E-state index in [0.29, 0.717) is 0 Å². The summed E-state index contributed by atoms with van der Waals surface area (Å²) < 4.78 is 4.67. The van der Waals surface area contributed by atoms with Crippen LogP contribution in [0.15, 0.2) is 29.4 Å². The van der Waals surface area contributed by atoms with E-state index in [0.717, 1.165) is 11.3 Å². The van der Waals surface area contributed by atoms with Gasteiger partial charge in [0.1, 0.15) is 0 Å². The minimum absolute atomic E-state index is 0.219. The van der Waals surface area contributed by atoms with Gasteiger partial charge in [-0.15, -0.1) is 0 Å². The molecule has 0 spiro atoms. The molecule has 18 heavy (non-hydrogen) atoms. The molecule has 4 nitrogen and oxygen atoms in total. The lowest BCUT2D eigenvalue weighted by molar-refractivity contribution is -0.134. The van der Waals surface area contributed by atoms with Crippen LogP contribution >= 0.6 is 11.6 Å². The number of nitrogens with one attached hydrogen (secondary N) is 1. The third-order valence-electron chi connectivity index (χ3n) is 1.75. The van der Waals surface area contributed by atoms with E-state index in [4.69, 9.17) is 11.6 Å². The molecule has 0 radical (unpaired) electrons. The second-order valence-electron chi connectivity index (χ2n) is 3.10. The van der Waals surface area contributed by atoms with Crippen molar-refractivity contribution in [3.63, 3.8) is 0 Å². The maximum Gasteiger partial charge on any atom is 0.370 e. The van der Waals surface area contributed by atoms with Crippen LogP contribution in [0.1, 0.15) is 26.3 Å². The van der Waals surface area contributed by atoms with Gasteiger partial charge in [-0.25, -0.2) is 4.79 Å². The molecule has 0 aliphatic rings. The Morgan fingerprint density at radius 3 is 2.67 bits per heavy atom. The highest BCUT2D eigenvalue weighted by Crippen LogP contribution is 2.09. The fraction of sp³-hybridized carbons (Fsp3) is 0.385. The summed E-state index contributed by atoms with van der Waals surface area (Å²) in [6.45, 7) is 7.94. The summed E-state index contributed by atoms with van der Waals surface area (Å²) in [4.78, 5) is 11.1. The van der Waals surface area contributed by atoms with Gasteiger partial charge >= 0.3 is 5.97 Å². The number of ether oxygens (including phenoxy) is 1. The highest BCUT2D eigenvalue weighted by Gasteiger charge is 2.08. The van der Waals surface area contributed by atoms with E-state index in [1.54, 1.807) is 6.92 Å². The Morgan fingerprint density at radius 1 is 1.44 bits per heavy atom. The highest BCUT2D eigenvalue weighted by molar-refractivity contribution is 6.82. The number of nitrogens with zero attached hydrogens (tertiary/aromatic N) is 1. The van der Waals surface area contributed by atoms with Gasteiger partial charge in [-0.05, 0) is 31.5 Å². The minimum atomic E-state index is -0.635. The predicted molar refractivity (Wildman–Crippen MR) is 76.1 cm³/mol. The van der Waals surface area contributed by atoms with Crippen LogP contribution < -0.4 is 5.43 Å². The van der Waals surface area contributed by atoms with Crippen molar-refractivity contribution in [3.8, 4) is 0 Å². The molecular formula is C13H19ClN2O2. The molecule has 1 aromatic rings. The van der Waals surface area contributed by atoms with Crippen molar-refractivity contribution >= 4 is 28.4 Å². The molecule has 0 heterocycles. The molecule has 1 N–H and O–H groups in total. The smallest absolute Gasteiger partial charge is 0.370 e. The van der Waals surface area contributed by atoms with Crippen molar-refractivity contribution in [1.29, 1.82) is 0 Å². The van der Waals surface area contributed by atoms with Crippen molar-refractivity contribution in [2.24, 2.45) is 5.10 Å². The van der Waals surface area contributed by atoms with Crippen molar-refractivity contribution in [2.45, 2.75) is 27.7 Å². The maximum absolute atomic E-state index is 11.1. The quantitative estimate of drug-likeness (QED) is 0.517. The van der Waals surface area contributed by atoms with Gasteiger partial charge in [0.05, 0.1) is 12.3 Å². The Morgan fingerprint density at radius 2 is 2.11 bits per heavy atom. The maximum atomic E-state index is 11.1. The number of carbonyl (C=O) groups excluding carboxylic acids is 1. The Bertz CT molecular complexity index is 406. The van der Waals surface area contributed by atoms with Crippen molar-refractivity contribution in [2.75, 3.05) is 12.0 Å². The summed E-state index contributed by atoms with van der Waals surface area (Å²) in [6.07, 6.45) is 0. The van der Waals surface area contributed by atoms with Crippen LogP contribution in [0.2, 0.25) is 0 Å². The van der Waals surface area contributed by atoms with E-state index in [9.17, 15) is 4.79 Å². The van der Waals surface area contributed by atoms with E-state index in [2.05, 4.69) is 15.3 Å². The monoisotopic (exact) mass is 270 g/mol. The Balaban J connectivity index is 0.00000137. The number of carbonyl (C=O) groups is 1. The molecule has 0 aliphatic carbocycles. The molecule has 0 fully saturated rings. The first kappa shape index (κ1) is 16.4. The molecule has 5 heteroatoms. The number of anilines is 1. The summed E-state index contributed by atoms with van der Waals surface area (Å²) in [5.41, 5.74) is 4.54. The van der Waals surface area contributed by atoms with Crippen molar-refractivity contribution in [3.05, 3.63) is 29.8 Å². The third kappa shape index (κ3) is 6.25. The standard InChI is InChI=1S/C11H13ClN2O2.C2H6/c1-3-16-11(15)10(12)14-13-9-6-4-5-8(2)7-9;1-2/h4-7,13H,3H2,1-2H3;1-2H3/b14-10+;. The van der Waals surface area contributed by atoms with Gasteiger partial charge in [0.2, 0.25) is 5.17 Å². The molecule has 100 valence electrons. The summed E-state index contributed by atoms with van der Waals surface area (Å²) in [5.74, 6) is -0.635. The van der Waals surface area contributed by atoms with E-state index in [1.807, 2.05) is 45.0 Å². The fourth-order valence-corrected chi connectivity index (χ4v) is 1.16. The number of esters is 1. The molecule has 1 rings (SSSR count). The zero-order chi connectivity index (χ0) is 14.0. The molecule has 0 saturated heterocycles. The van der Waals surface area contributed by atoms with Crippen LogP contribution in [-0.2, 0) is 9.53 Å². The third-order valence-corrected chi connectivity index (χ3v) is 1.98. The molecule has 0 atom stereocenters. The SMILES string of the molecule is CC.CCOC(=O)/C(Cl)=N\Nc1cccc(C)c1. The number of hydrogen-bond donors (Lipinski definition) is 1. The normalized spacial score (nSPS) is 10.2. The first-order valence-electron chi connectivity index (χ1n) is 5.86. The number of benzene rings is 1. The van der Waals surface area contributed by atoms with Crippen LogP contribution in [0.3, 0.4) is 0 Å². The first-order valence-corrected chi connectivity index (χ1v) is 6.24. The van der Waals surface area contributed by atoms with E-state index < -0.39 is 5.97 Å². The Kier molecular flexibility index (Phi) is 8.66. The molecule has 0 unspecified atom stereocenters. The number of hydrogen-bond acceptors (Lipinski definition) is 4. The molecule has 0 aromatic heterocycles. The van der Waals surface area contributed by atoms with Gasteiger partial charge in [0, 0.05) is 0 Å². The summed E-state index contributed by atoms with van der Waals surface area (Å²) in [7, 11) is 0. The summed E-state index contributed by atoms with van der Waals surface area (Å²) >= 11 is 5.61. The van der Waals surface area contributed by atoms with Crippen molar-refractivity contribution < 1.29 is 9.53 Å². The lowest BCUT2D eigenvalue weighted by Crippen LogP contribution is -2.13. The van der Waals surface area contributed by atoms with Crippen LogP contribution in [0.25, 0.3) is 0 Å². The van der Waals surface area contributed by atoms with Crippen molar-refractivity contribution in [1.82, 2.24) is 0 Å². The van der Waals surface area contributed by atoms with Crippen LogP contribution in [0, 0.1) is 6.92 Å². The average Bonchev–Trinajstić information content (AvgIpc) is 2.38.